The van der Waals surface area contributed by atoms with E-state index < -0.39 is 0 Å². The zero-order chi connectivity index (χ0) is 33.7. The maximum absolute atomic E-state index is 5.29. The number of aromatic nitrogens is 3. The third-order valence-electron chi connectivity index (χ3n) is 9.35. The predicted molar refractivity (Wildman–Crippen MR) is 217 cm³/mol. The van der Waals surface area contributed by atoms with Gasteiger partial charge in [0.05, 0.1) is 5.69 Å². The van der Waals surface area contributed by atoms with Gasteiger partial charge in [-0.25, -0.2) is 4.98 Å². The fraction of sp³-hybridized carbons (Fsp3) is 0. The van der Waals surface area contributed by atoms with E-state index in [-0.39, 0.29) is 0 Å². The Morgan fingerprint density at radius 1 is 0.373 bits per heavy atom. The molecule has 7 aromatic carbocycles. The molecule has 0 atom stereocenters. The van der Waals surface area contributed by atoms with Crippen LogP contribution in [-0.2, 0) is 0 Å². The van der Waals surface area contributed by atoms with Crippen molar-refractivity contribution >= 4 is 80.3 Å². The molecule has 0 amide bonds. The molecular formula is C45H28N4S2. The molecule has 0 fully saturated rings. The molecule has 6 heteroatoms. The van der Waals surface area contributed by atoms with Crippen LogP contribution in [0.4, 0.5) is 17.3 Å². The first kappa shape index (κ1) is 29.7. The Morgan fingerprint density at radius 2 is 0.922 bits per heavy atom. The smallest absolute Gasteiger partial charge is 0.238 e. The minimum Gasteiger partial charge on any atom is -0.278 e. The summed E-state index contributed by atoms with van der Waals surface area (Å²) < 4.78 is 4.95. The normalized spacial score (nSPS) is 11.5. The highest BCUT2D eigenvalue weighted by Gasteiger charge is 2.23. The molecule has 10 rings (SSSR count). The van der Waals surface area contributed by atoms with Gasteiger partial charge in [-0.1, -0.05) is 127 Å². The van der Waals surface area contributed by atoms with Crippen LogP contribution >= 0.6 is 22.7 Å². The first-order valence-electron chi connectivity index (χ1n) is 16.9. The van der Waals surface area contributed by atoms with E-state index in [0.29, 0.717) is 17.6 Å². The van der Waals surface area contributed by atoms with Crippen molar-refractivity contribution in [3.63, 3.8) is 0 Å². The summed E-state index contributed by atoms with van der Waals surface area (Å²) in [7, 11) is 0. The molecule has 0 saturated heterocycles. The first-order chi connectivity index (χ1) is 25.3. The number of rotatable bonds is 6. The van der Waals surface area contributed by atoms with Gasteiger partial charge in [-0.15, -0.1) is 22.7 Å². The summed E-state index contributed by atoms with van der Waals surface area (Å²) in [6.07, 6.45) is 0. The molecule has 4 nitrogen and oxygen atoms in total. The molecule has 0 unspecified atom stereocenters. The van der Waals surface area contributed by atoms with Crippen molar-refractivity contribution in [2.75, 3.05) is 4.90 Å². The molecule has 0 N–H and O–H groups in total. The van der Waals surface area contributed by atoms with Gasteiger partial charge in [0.1, 0.15) is 0 Å². The summed E-state index contributed by atoms with van der Waals surface area (Å²) >= 11 is 3.61. The van der Waals surface area contributed by atoms with E-state index in [1.165, 1.54) is 45.9 Å². The molecule has 51 heavy (non-hydrogen) atoms. The molecule has 3 heterocycles. The van der Waals surface area contributed by atoms with Gasteiger partial charge >= 0.3 is 0 Å². The van der Waals surface area contributed by atoms with Gasteiger partial charge < -0.3 is 0 Å². The highest BCUT2D eigenvalue weighted by Crippen LogP contribution is 2.44. The Bertz CT molecular complexity index is 2860. The Kier molecular flexibility index (Phi) is 7.15. The number of para-hydroxylation sites is 1. The molecule has 0 aliphatic rings. The summed E-state index contributed by atoms with van der Waals surface area (Å²) in [5, 5.41) is 4.91. The molecule has 0 radical (unpaired) electrons. The lowest BCUT2D eigenvalue weighted by Gasteiger charge is -2.25. The predicted octanol–water partition coefficient (Wildman–Crippen LogP) is 13.1. The molecule has 0 spiro atoms. The van der Waals surface area contributed by atoms with Crippen molar-refractivity contribution in [1.29, 1.82) is 0 Å². The number of anilines is 3. The molecule has 0 aliphatic carbocycles. The molecule has 0 bridgehead atoms. The summed E-state index contributed by atoms with van der Waals surface area (Å²) in [5.41, 5.74) is 6.19. The van der Waals surface area contributed by atoms with E-state index in [1.54, 1.807) is 11.3 Å². The van der Waals surface area contributed by atoms with Gasteiger partial charge in [-0.3, -0.25) is 4.90 Å². The van der Waals surface area contributed by atoms with Crippen LogP contribution in [-0.4, -0.2) is 15.0 Å². The van der Waals surface area contributed by atoms with E-state index in [9.17, 15) is 0 Å². The van der Waals surface area contributed by atoms with Gasteiger partial charge in [-0.05, 0) is 53.6 Å². The zero-order valence-corrected chi connectivity index (χ0v) is 28.9. The fourth-order valence-corrected chi connectivity index (χ4v) is 9.18. The standard InChI is InChI=1S/C45H28N4S2/c1-3-12-29(13-4-1)30-22-24-31(25-23-30)43-46-44(32-26-27-35-34-16-7-9-19-38(34)51-41(35)28-32)48-45(47-43)49(33-14-5-2-6-15-33)37-18-11-21-40-42(37)36-17-8-10-20-39(36)50-40/h1-28H. The van der Waals surface area contributed by atoms with E-state index in [4.69, 9.17) is 15.0 Å². The van der Waals surface area contributed by atoms with Crippen molar-refractivity contribution < 1.29 is 0 Å². The molecule has 10 aromatic rings. The van der Waals surface area contributed by atoms with Gasteiger partial charge in [-0.2, -0.15) is 9.97 Å². The largest absolute Gasteiger partial charge is 0.278 e. The molecule has 240 valence electrons. The maximum atomic E-state index is 5.29. The van der Waals surface area contributed by atoms with Crippen molar-refractivity contribution in [3.05, 3.63) is 170 Å². The Morgan fingerprint density at radius 3 is 1.71 bits per heavy atom. The van der Waals surface area contributed by atoms with Crippen LogP contribution in [0.1, 0.15) is 0 Å². The number of thiophene rings is 2. The van der Waals surface area contributed by atoms with Gasteiger partial charge in [0.25, 0.3) is 0 Å². The summed E-state index contributed by atoms with van der Waals surface area (Å²) in [6.45, 7) is 0. The number of hydrogen-bond acceptors (Lipinski definition) is 6. The Balaban J connectivity index is 1.21. The van der Waals surface area contributed by atoms with Gasteiger partial charge in [0.15, 0.2) is 11.6 Å². The summed E-state index contributed by atoms with van der Waals surface area (Å²) in [4.78, 5) is 17.9. The number of benzene rings is 7. The first-order valence-corrected chi connectivity index (χ1v) is 18.5. The average Bonchev–Trinajstić information content (AvgIpc) is 3.77. The second-order valence-electron chi connectivity index (χ2n) is 12.5. The van der Waals surface area contributed by atoms with Crippen LogP contribution in [0.25, 0.3) is 74.2 Å². The minimum atomic E-state index is 0.563. The van der Waals surface area contributed by atoms with E-state index in [1.807, 2.05) is 23.5 Å². The van der Waals surface area contributed by atoms with Gasteiger partial charge in [0, 0.05) is 57.2 Å². The van der Waals surface area contributed by atoms with Crippen LogP contribution in [0.2, 0.25) is 0 Å². The van der Waals surface area contributed by atoms with Gasteiger partial charge in [0.2, 0.25) is 5.95 Å². The lowest BCUT2D eigenvalue weighted by atomic mass is 10.0. The third kappa shape index (κ3) is 5.24. The zero-order valence-electron chi connectivity index (χ0n) is 27.3. The summed E-state index contributed by atoms with van der Waals surface area (Å²) in [5.74, 6) is 1.81. The lowest BCUT2D eigenvalue weighted by molar-refractivity contribution is 1.03. The maximum Gasteiger partial charge on any atom is 0.238 e. The van der Waals surface area contributed by atoms with Crippen LogP contribution in [0.5, 0.6) is 0 Å². The lowest BCUT2D eigenvalue weighted by Crippen LogP contribution is -2.15. The minimum absolute atomic E-state index is 0.563. The second kappa shape index (κ2) is 12.3. The van der Waals surface area contributed by atoms with Crippen molar-refractivity contribution in [2.24, 2.45) is 0 Å². The molecule has 3 aromatic heterocycles. The highest BCUT2D eigenvalue weighted by molar-refractivity contribution is 7.26. The number of nitrogens with zero attached hydrogens (tertiary/aromatic N) is 4. The number of fused-ring (bicyclic) bond motifs is 6. The van der Waals surface area contributed by atoms with Crippen LogP contribution in [0, 0.1) is 0 Å². The fourth-order valence-electron chi connectivity index (χ4n) is 6.91. The van der Waals surface area contributed by atoms with Crippen molar-refractivity contribution in [3.8, 4) is 33.9 Å². The van der Waals surface area contributed by atoms with Crippen molar-refractivity contribution in [1.82, 2.24) is 15.0 Å². The van der Waals surface area contributed by atoms with Crippen LogP contribution in [0.15, 0.2) is 170 Å². The molecular weight excluding hydrogens is 661 g/mol. The highest BCUT2D eigenvalue weighted by atomic mass is 32.1. The third-order valence-corrected chi connectivity index (χ3v) is 11.6. The quantitative estimate of drug-likeness (QED) is 0.174. The topological polar surface area (TPSA) is 41.9 Å². The van der Waals surface area contributed by atoms with E-state index in [2.05, 4.69) is 163 Å². The van der Waals surface area contributed by atoms with E-state index in [0.717, 1.165) is 28.1 Å². The van der Waals surface area contributed by atoms with Crippen LogP contribution in [0.3, 0.4) is 0 Å². The summed E-state index contributed by atoms with van der Waals surface area (Å²) in [6, 6.07) is 59.6. The van der Waals surface area contributed by atoms with Crippen molar-refractivity contribution in [2.45, 2.75) is 0 Å². The monoisotopic (exact) mass is 688 g/mol. The van der Waals surface area contributed by atoms with Crippen LogP contribution < -0.4 is 4.90 Å². The second-order valence-corrected chi connectivity index (χ2v) is 14.6. The Hall–Kier alpha value is -6.21. The SMILES string of the molecule is c1ccc(-c2ccc(-c3nc(-c4ccc5c(c4)sc4ccccc45)nc(N(c4ccccc4)c4cccc5sc6ccccc6c45)n3)cc2)cc1. The molecule has 0 saturated carbocycles. The Labute approximate surface area is 302 Å². The number of hydrogen-bond donors (Lipinski definition) is 0. The van der Waals surface area contributed by atoms with E-state index >= 15 is 0 Å². The molecule has 0 aliphatic heterocycles. The average molecular weight is 689 g/mol.